The van der Waals surface area contributed by atoms with Crippen LogP contribution in [0.1, 0.15) is 12.8 Å². The van der Waals surface area contributed by atoms with Gasteiger partial charge in [0.05, 0.1) is 0 Å². The molecule has 14 heavy (non-hydrogen) atoms. The highest BCUT2D eigenvalue weighted by Gasteiger charge is 2.33. The maximum absolute atomic E-state index is 13.4. The highest BCUT2D eigenvalue weighted by atomic mass is 32.2. The van der Waals surface area contributed by atoms with Crippen molar-refractivity contribution in [3.05, 3.63) is 0 Å². The summed E-state index contributed by atoms with van der Waals surface area (Å²) in [5.41, 5.74) is 2.57. The topological polar surface area (TPSA) is 118 Å². The van der Waals surface area contributed by atoms with Crippen LogP contribution >= 0.6 is 0 Å². The van der Waals surface area contributed by atoms with E-state index in [0.29, 0.717) is 0 Å². The number of rotatable bonds is 6. The molecule has 0 aliphatic heterocycles. The van der Waals surface area contributed by atoms with E-state index in [9.17, 15) is 17.6 Å². The highest BCUT2D eigenvalue weighted by Crippen LogP contribution is 2.19. The fraction of sp³-hybridized carbons (Fsp3) is 0.833. The van der Waals surface area contributed by atoms with Crippen molar-refractivity contribution in [1.82, 2.24) is 0 Å². The second-order valence-corrected chi connectivity index (χ2v) is 4.43. The third-order valence-corrected chi connectivity index (χ3v) is 2.48. The molecule has 0 aliphatic rings. The summed E-state index contributed by atoms with van der Waals surface area (Å²) >= 11 is 0. The van der Waals surface area contributed by atoms with Gasteiger partial charge < -0.3 is 10.8 Å². The van der Waals surface area contributed by atoms with E-state index in [1.165, 1.54) is 0 Å². The molecule has 0 saturated carbocycles. The van der Waals surface area contributed by atoms with Gasteiger partial charge in [0.1, 0.15) is 11.4 Å². The molecule has 0 fully saturated rings. The maximum atomic E-state index is 13.4. The summed E-state index contributed by atoms with van der Waals surface area (Å²) in [5, 5.41) is 8.25. The van der Waals surface area contributed by atoms with Crippen molar-refractivity contribution in [2.75, 3.05) is 12.3 Å². The number of halogens is 1. The summed E-state index contributed by atoms with van der Waals surface area (Å²) < 4.78 is 42.6. The van der Waals surface area contributed by atoms with Crippen LogP contribution in [0.3, 0.4) is 0 Å². The van der Waals surface area contributed by atoms with Crippen molar-refractivity contribution < 1.29 is 27.3 Å². The Kier molecular flexibility index (Phi) is 4.43. The van der Waals surface area contributed by atoms with Crippen molar-refractivity contribution in [1.29, 1.82) is 0 Å². The average Bonchev–Trinajstić information content (AvgIpc) is 1.98. The highest BCUT2D eigenvalue weighted by molar-refractivity contribution is 7.85. The molecule has 6 nitrogen and oxygen atoms in total. The lowest BCUT2D eigenvalue weighted by Crippen LogP contribution is -2.40. The molecule has 0 saturated heterocycles. The van der Waals surface area contributed by atoms with E-state index in [-0.39, 0.29) is 0 Å². The van der Waals surface area contributed by atoms with Gasteiger partial charge in [0.2, 0.25) is 0 Å². The van der Waals surface area contributed by atoms with Crippen LogP contribution in [0.5, 0.6) is 0 Å². The number of nitrogens with two attached hydrogens (primary N) is 1. The second-order valence-electron chi connectivity index (χ2n) is 2.98. The number of carbonyl (C=O) groups is 1. The number of hydrogen-bond acceptors (Lipinski definition) is 4. The fourth-order valence-electron chi connectivity index (χ4n) is 0.891. The Balaban J connectivity index is 4.40. The summed E-state index contributed by atoms with van der Waals surface area (Å²) in [6, 6.07) is 0. The number of carboxylic acids is 1. The first kappa shape index (κ1) is 13.3. The first-order chi connectivity index (χ1) is 6.18. The van der Waals surface area contributed by atoms with Crippen molar-refractivity contribution in [2.45, 2.75) is 18.5 Å². The lowest BCUT2D eigenvalue weighted by Gasteiger charge is -2.20. The van der Waals surface area contributed by atoms with Crippen LogP contribution < -0.4 is 5.73 Å². The van der Waals surface area contributed by atoms with Gasteiger partial charge in [0.25, 0.3) is 10.1 Å². The molecule has 0 spiro atoms. The molecule has 0 aromatic heterocycles. The van der Waals surface area contributed by atoms with Crippen molar-refractivity contribution in [2.24, 2.45) is 5.73 Å². The average molecular weight is 229 g/mol. The molecule has 0 radical (unpaired) electrons. The van der Waals surface area contributed by atoms with Crippen LogP contribution in [0.25, 0.3) is 0 Å². The van der Waals surface area contributed by atoms with Crippen molar-refractivity contribution >= 4 is 16.1 Å². The Morgan fingerprint density at radius 3 is 2.29 bits per heavy atom. The maximum Gasteiger partial charge on any atom is 0.303 e. The number of carboxylic acid groups (broad SMARTS) is 1. The molecule has 8 heteroatoms. The van der Waals surface area contributed by atoms with E-state index in [4.69, 9.17) is 15.4 Å². The molecule has 0 aliphatic carbocycles. The molecule has 0 bridgehead atoms. The summed E-state index contributed by atoms with van der Waals surface area (Å²) in [6.45, 7) is -0.653. The molecular formula is C6H12FNO5S. The molecule has 0 rings (SSSR count). The molecular weight excluding hydrogens is 217 g/mol. The van der Waals surface area contributed by atoms with Crippen LogP contribution in [0, 0.1) is 0 Å². The summed E-state index contributed by atoms with van der Waals surface area (Å²) in [7, 11) is -4.49. The van der Waals surface area contributed by atoms with E-state index >= 15 is 0 Å². The van der Waals surface area contributed by atoms with Gasteiger partial charge >= 0.3 is 5.97 Å². The van der Waals surface area contributed by atoms with Crippen molar-refractivity contribution in [3.63, 3.8) is 0 Å². The Hall–Kier alpha value is -0.730. The van der Waals surface area contributed by atoms with E-state index in [1.807, 2.05) is 0 Å². The van der Waals surface area contributed by atoms with Gasteiger partial charge in [-0.1, -0.05) is 0 Å². The molecule has 0 heterocycles. The summed E-state index contributed by atoms with van der Waals surface area (Å²) in [5.74, 6) is -2.43. The lowest BCUT2D eigenvalue weighted by molar-refractivity contribution is -0.137. The first-order valence-corrected chi connectivity index (χ1v) is 5.35. The Bertz CT molecular complexity index is 303. The van der Waals surface area contributed by atoms with Crippen LogP contribution in [-0.2, 0) is 14.9 Å². The second kappa shape index (κ2) is 4.67. The quantitative estimate of drug-likeness (QED) is 0.524. The first-order valence-electron chi connectivity index (χ1n) is 3.74. The third-order valence-electron chi connectivity index (χ3n) is 1.59. The predicted molar refractivity (Wildman–Crippen MR) is 46.2 cm³/mol. The van der Waals surface area contributed by atoms with Gasteiger partial charge in [-0.2, -0.15) is 8.42 Å². The van der Waals surface area contributed by atoms with E-state index in [0.717, 1.165) is 0 Å². The monoisotopic (exact) mass is 229 g/mol. The number of hydrogen-bond donors (Lipinski definition) is 3. The van der Waals surface area contributed by atoms with Gasteiger partial charge in [-0.05, 0) is 6.42 Å². The molecule has 1 atom stereocenters. The normalized spacial score (nSPS) is 16.2. The molecule has 84 valence electrons. The predicted octanol–water partition coefficient (Wildman–Crippen LogP) is -0.594. The third kappa shape index (κ3) is 5.84. The van der Waals surface area contributed by atoms with Gasteiger partial charge in [-0.25, -0.2) is 4.39 Å². The van der Waals surface area contributed by atoms with Gasteiger partial charge in [0.15, 0.2) is 0 Å². The molecule has 0 aromatic rings. The van der Waals surface area contributed by atoms with Crippen LogP contribution in [0.15, 0.2) is 0 Å². The van der Waals surface area contributed by atoms with Crippen LogP contribution in [0.4, 0.5) is 4.39 Å². The molecule has 1 unspecified atom stereocenters. The zero-order valence-corrected chi connectivity index (χ0v) is 8.13. The molecule has 4 N–H and O–H groups in total. The van der Waals surface area contributed by atoms with Crippen LogP contribution in [-0.4, -0.2) is 42.0 Å². The Morgan fingerprint density at radius 1 is 1.50 bits per heavy atom. The standard InChI is InChI=1S/C6H12FNO5S/c7-6(3-8,2-1-5(9)10)4-14(11,12)13/h1-4,8H2,(H,9,10)(H,11,12,13). The molecule has 0 amide bonds. The SMILES string of the molecule is NCC(F)(CCC(=O)O)CS(=O)(=O)O. The molecule has 0 aromatic carbocycles. The smallest absolute Gasteiger partial charge is 0.303 e. The zero-order chi connectivity index (χ0) is 11.4. The van der Waals surface area contributed by atoms with Gasteiger partial charge in [-0.15, -0.1) is 0 Å². The van der Waals surface area contributed by atoms with E-state index in [2.05, 4.69) is 0 Å². The van der Waals surface area contributed by atoms with Crippen LogP contribution in [0.2, 0.25) is 0 Å². The number of aliphatic carboxylic acids is 1. The number of alkyl halides is 1. The summed E-state index contributed by atoms with van der Waals surface area (Å²) in [6.07, 6.45) is -1.08. The fourth-order valence-corrected chi connectivity index (χ4v) is 1.81. The summed E-state index contributed by atoms with van der Waals surface area (Å²) in [4.78, 5) is 10.1. The van der Waals surface area contributed by atoms with Crippen molar-refractivity contribution in [3.8, 4) is 0 Å². The Morgan fingerprint density at radius 2 is 2.00 bits per heavy atom. The minimum Gasteiger partial charge on any atom is -0.481 e. The minimum absolute atomic E-state index is 0.538. The Labute approximate surface area is 80.7 Å². The van der Waals surface area contributed by atoms with E-state index in [1.54, 1.807) is 0 Å². The largest absolute Gasteiger partial charge is 0.481 e. The van der Waals surface area contributed by atoms with E-state index < -0.39 is 46.9 Å². The van der Waals surface area contributed by atoms with Gasteiger partial charge in [-0.3, -0.25) is 9.35 Å². The lowest BCUT2D eigenvalue weighted by atomic mass is 10.0. The minimum atomic E-state index is -4.49. The van der Waals surface area contributed by atoms with Gasteiger partial charge in [0, 0.05) is 13.0 Å². The zero-order valence-electron chi connectivity index (χ0n) is 7.31.